The Bertz CT molecular complexity index is 392. The third kappa shape index (κ3) is 4.08. The van der Waals surface area contributed by atoms with E-state index in [0.29, 0.717) is 11.7 Å². The molecule has 0 saturated carbocycles. The number of nitrogens with two attached hydrogens (primary N) is 1. The van der Waals surface area contributed by atoms with Crippen molar-refractivity contribution in [3.05, 3.63) is 11.1 Å². The summed E-state index contributed by atoms with van der Waals surface area (Å²) < 4.78 is 4.67. The van der Waals surface area contributed by atoms with Crippen LogP contribution >= 0.6 is 11.3 Å². The van der Waals surface area contributed by atoms with E-state index >= 15 is 0 Å². The van der Waals surface area contributed by atoms with Crippen LogP contribution in [0.4, 0.5) is 5.13 Å². The second-order valence-corrected chi connectivity index (χ2v) is 3.55. The van der Waals surface area contributed by atoms with Crippen molar-refractivity contribution < 1.29 is 9.53 Å². The fourth-order valence-electron chi connectivity index (χ4n) is 0.814. The van der Waals surface area contributed by atoms with Crippen LogP contribution in [0.25, 0.3) is 0 Å². The topological polar surface area (TPSA) is 77.2 Å². The molecule has 0 saturated heterocycles. The summed E-state index contributed by atoms with van der Waals surface area (Å²) in [5.41, 5.74) is 5.23. The maximum Gasteiger partial charge on any atom is 0.252 e. The smallest absolute Gasteiger partial charge is 0.252 e. The van der Waals surface area contributed by atoms with Crippen LogP contribution in [0.1, 0.15) is 4.88 Å². The first-order chi connectivity index (χ1) is 7.26. The van der Waals surface area contributed by atoms with Gasteiger partial charge in [0.2, 0.25) is 0 Å². The van der Waals surface area contributed by atoms with E-state index in [1.165, 1.54) is 18.4 Å². The van der Waals surface area contributed by atoms with Crippen molar-refractivity contribution in [3.8, 4) is 11.8 Å². The van der Waals surface area contributed by atoms with Gasteiger partial charge in [0.25, 0.3) is 5.91 Å². The summed E-state index contributed by atoms with van der Waals surface area (Å²) in [6.45, 7) is 0.326. The quantitative estimate of drug-likeness (QED) is 0.712. The molecule has 0 radical (unpaired) electrons. The Hall–Kier alpha value is -1.42. The number of ether oxygens (including phenoxy) is 1. The van der Waals surface area contributed by atoms with Gasteiger partial charge in [-0.3, -0.25) is 10.1 Å². The van der Waals surface area contributed by atoms with Gasteiger partial charge in [-0.05, 0) is 0 Å². The molecule has 15 heavy (non-hydrogen) atoms. The summed E-state index contributed by atoms with van der Waals surface area (Å²) in [5, 5.41) is 3.10. The second-order valence-electron chi connectivity index (χ2n) is 2.52. The van der Waals surface area contributed by atoms with Gasteiger partial charge in [-0.2, -0.15) is 0 Å². The summed E-state index contributed by atoms with van der Waals surface area (Å²) in [7, 11) is 1.46. The predicted octanol–water partition coefficient (Wildman–Crippen LogP) is 0.0382. The Morgan fingerprint density at radius 2 is 2.60 bits per heavy atom. The molecule has 0 aromatic carbocycles. The van der Waals surface area contributed by atoms with Crippen molar-refractivity contribution in [2.45, 2.75) is 0 Å². The van der Waals surface area contributed by atoms with Gasteiger partial charge in [0.15, 0.2) is 5.13 Å². The lowest BCUT2D eigenvalue weighted by molar-refractivity contribution is -0.119. The Balaban J connectivity index is 2.56. The number of hydrogen-bond acceptors (Lipinski definition) is 5. The zero-order valence-corrected chi connectivity index (χ0v) is 9.06. The number of carbonyl (C=O) groups excluding carboxylic acids is 1. The van der Waals surface area contributed by atoms with Crippen LogP contribution in [0.5, 0.6) is 0 Å². The predicted molar refractivity (Wildman–Crippen MR) is 58.6 cm³/mol. The summed E-state index contributed by atoms with van der Waals surface area (Å²) in [6.07, 6.45) is 1.59. The minimum atomic E-state index is -0.231. The molecule has 0 atom stereocenters. The van der Waals surface area contributed by atoms with E-state index < -0.39 is 0 Å². The van der Waals surface area contributed by atoms with E-state index in [-0.39, 0.29) is 12.5 Å². The molecule has 1 heterocycles. The van der Waals surface area contributed by atoms with Crippen LogP contribution in [-0.4, -0.2) is 31.2 Å². The molecule has 5 nitrogen and oxygen atoms in total. The Morgan fingerprint density at radius 1 is 1.80 bits per heavy atom. The zero-order chi connectivity index (χ0) is 11.1. The zero-order valence-electron chi connectivity index (χ0n) is 8.24. The highest BCUT2D eigenvalue weighted by Crippen LogP contribution is 2.16. The molecule has 6 heteroatoms. The molecule has 0 bridgehead atoms. The molecule has 0 fully saturated rings. The molecule has 1 aromatic rings. The van der Waals surface area contributed by atoms with Gasteiger partial charge in [-0.25, -0.2) is 4.98 Å². The number of aromatic nitrogens is 1. The Morgan fingerprint density at radius 3 is 3.27 bits per heavy atom. The maximum absolute atomic E-state index is 11.1. The molecule has 0 aliphatic rings. The second kappa shape index (κ2) is 6.14. The standard InChI is InChI=1S/C9H11N3O2S/c1-14-6-8(13)12-9-11-5-7(15-9)3-2-4-10/h5H,4,6,10H2,1H3,(H,11,12,13). The summed E-state index contributed by atoms with van der Waals surface area (Å²) in [6, 6.07) is 0. The minimum Gasteiger partial charge on any atom is -0.375 e. The molecule has 80 valence electrons. The Labute approximate surface area is 91.6 Å². The largest absolute Gasteiger partial charge is 0.375 e. The number of hydrogen-bond donors (Lipinski definition) is 2. The molecule has 1 rings (SSSR count). The number of methoxy groups -OCH3 is 1. The van der Waals surface area contributed by atoms with Crippen LogP contribution in [0, 0.1) is 11.8 Å². The molecule has 0 unspecified atom stereocenters. The Kier molecular flexibility index (Phi) is 4.77. The molecule has 1 amide bonds. The first-order valence-electron chi connectivity index (χ1n) is 4.20. The summed E-state index contributed by atoms with van der Waals surface area (Å²) in [4.78, 5) is 15.9. The van der Waals surface area contributed by atoms with Gasteiger partial charge >= 0.3 is 0 Å². The van der Waals surface area contributed by atoms with Gasteiger partial charge in [-0.1, -0.05) is 23.2 Å². The third-order valence-electron chi connectivity index (χ3n) is 1.34. The highest BCUT2D eigenvalue weighted by molar-refractivity contribution is 7.16. The first-order valence-corrected chi connectivity index (χ1v) is 5.01. The van der Waals surface area contributed by atoms with Gasteiger partial charge in [-0.15, -0.1) is 0 Å². The monoisotopic (exact) mass is 225 g/mol. The molecular formula is C9H11N3O2S. The van der Waals surface area contributed by atoms with E-state index in [9.17, 15) is 4.79 Å². The van der Waals surface area contributed by atoms with Gasteiger partial charge in [0.05, 0.1) is 17.6 Å². The number of nitrogens with one attached hydrogen (secondary N) is 1. The normalized spacial score (nSPS) is 9.20. The highest BCUT2D eigenvalue weighted by Gasteiger charge is 2.04. The minimum absolute atomic E-state index is 0.0173. The van der Waals surface area contributed by atoms with Gasteiger partial charge in [0, 0.05) is 7.11 Å². The fourth-order valence-corrected chi connectivity index (χ4v) is 1.52. The number of carbonyl (C=O) groups is 1. The molecule has 0 spiro atoms. The highest BCUT2D eigenvalue weighted by atomic mass is 32.1. The van der Waals surface area contributed by atoms with Crippen molar-refractivity contribution in [1.82, 2.24) is 4.98 Å². The fraction of sp³-hybridized carbons (Fsp3) is 0.333. The van der Waals surface area contributed by atoms with Crippen molar-refractivity contribution in [2.24, 2.45) is 5.73 Å². The lowest BCUT2D eigenvalue weighted by Gasteiger charge is -1.97. The third-order valence-corrected chi connectivity index (χ3v) is 2.17. The van der Waals surface area contributed by atoms with Crippen LogP contribution in [-0.2, 0) is 9.53 Å². The average Bonchev–Trinajstić information content (AvgIpc) is 2.63. The van der Waals surface area contributed by atoms with Crippen LogP contribution < -0.4 is 11.1 Å². The SMILES string of the molecule is COCC(=O)Nc1ncc(C#CCN)s1. The summed E-state index contributed by atoms with van der Waals surface area (Å²) in [5.74, 6) is 5.30. The number of rotatable bonds is 3. The van der Waals surface area contributed by atoms with Crippen molar-refractivity contribution in [2.75, 3.05) is 25.6 Å². The molecule has 3 N–H and O–H groups in total. The summed E-state index contributed by atoms with van der Waals surface area (Å²) >= 11 is 1.30. The van der Waals surface area contributed by atoms with Crippen molar-refractivity contribution in [1.29, 1.82) is 0 Å². The van der Waals surface area contributed by atoms with Gasteiger partial charge < -0.3 is 10.5 Å². The lowest BCUT2D eigenvalue weighted by Crippen LogP contribution is -2.16. The van der Waals surface area contributed by atoms with Crippen molar-refractivity contribution >= 4 is 22.4 Å². The van der Waals surface area contributed by atoms with E-state index in [1.54, 1.807) is 6.20 Å². The maximum atomic E-state index is 11.1. The van der Waals surface area contributed by atoms with E-state index in [2.05, 4.69) is 26.9 Å². The number of thiazole rings is 1. The van der Waals surface area contributed by atoms with E-state index in [0.717, 1.165) is 4.88 Å². The number of anilines is 1. The number of nitrogens with zero attached hydrogens (tertiary/aromatic N) is 1. The first kappa shape index (κ1) is 11.7. The molecule has 1 aromatic heterocycles. The average molecular weight is 225 g/mol. The lowest BCUT2D eigenvalue weighted by atomic mass is 10.5. The van der Waals surface area contributed by atoms with Crippen LogP contribution in [0.2, 0.25) is 0 Å². The van der Waals surface area contributed by atoms with Crippen LogP contribution in [0.15, 0.2) is 6.20 Å². The number of amides is 1. The molecular weight excluding hydrogens is 214 g/mol. The van der Waals surface area contributed by atoms with E-state index in [4.69, 9.17) is 5.73 Å². The molecule has 0 aliphatic heterocycles. The van der Waals surface area contributed by atoms with Crippen LogP contribution in [0.3, 0.4) is 0 Å². The molecule has 0 aliphatic carbocycles. The van der Waals surface area contributed by atoms with Crippen molar-refractivity contribution in [3.63, 3.8) is 0 Å². The van der Waals surface area contributed by atoms with Gasteiger partial charge in [0.1, 0.15) is 6.61 Å². The van der Waals surface area contributed by atoms with E-state index in [1.807, 2.05) is 0 Å².